The van der Waals surface area contributed by atoms with Crippen molar-refractivity contribution >= 4 is 27.5 Å². The van der Waals surface area contributed by atoms with Crippen molar-refractivity contribution in [3.8, 4) is 5.69 Å². The second-order valence-electron chi connectivity index (χ2n) is 3.65. The highest BCUT2D eigenvalue weighted by Crippen LogP contribution is 2.24. The van der Waals surface area contributed by atoms with E-state index in [0.717, 1.165) is 28.7 Å². The molecule has 0 saturated heterocycles. The molecule has 1 aromatic heterocycles. The number of hydrogen-bond acceptors (Lipinski definition) is 3. The minimum Gasteiger partial charge on any atom is -0.330 e. The lowest BCUT2D eigenvalue weighted by Gasteiger charge is -2.01. The molecular weight excluding hydrogens is 304 g/mol. The molecule has 0 atom stereocenters. The van der Waals surface area contributed by atoms with Gasteiger partial charge in [0.15, 0.2) is 0 Å². The van der Waals surface area contributed by atoms with Crippen LogP contribution in [0.4, 0.5) is 0 Å². The Morgan fingerprint density at radius 2 is 2.24 bits per heavy atom. The molecular formula is C11H12BrClN4. The zero-order chi connectivity index (χ0) is 12.3. The molecule has 0 saturated carbocycles. The Hall–Kier alpha value is -0.910. The van der Waals surface area contributed by atoms with Crippen LogP contribution in [0.3, 0.4) is 0 Å². The van der Waals surface area contributed by atoms with Crippen LogP contribution in [0.25, 0.3) is 5.69 Å². The van der Waals surface area contributed by atoms with Gasteiger partial charge in [0.25, 0.3) is 0 Å². The van der Waals surface area contributed by atoms with Crippen LogP contribution in [0.5, 0.6) is 0 Å². The molecule has 0 spiro atoms. The van der Waals surface area contributed by atoms with Crippen molar-refractivity contribution in [1.82, 2.24) is 15.0 Å². The van der Waals surface area contributed by atoms with E-state index >= 15 is 0 Å². The summed E-state index contributed by atoms with van der Waals surface area (Å²) < 4.78 is 2.57. The molecule has 1 aromatic carbocycles. The van der Waals surface area contributed by atoms with E-state index in [2.05, 4.69) is 26.2 Å². The summed E-state index contributed by atoms with van der Waals surface area (Å²) in [5.74, 6) is 0. The molecule has 6 heteroatoms. The highest BCUT2D eigenvalue weighted by Gasteiger charge is 2.04. The first kappa shape index (κ1) is 12.5. The second kappa shape index (κ2) is 5.62. The minimum atomic E-state index is 0.666. The summed E-state index contributed by atoms with van der Waals surface area (Å²) >= 11 is 9.32. The summed E-state index contributed by atoms with van der Waals surface area (Å²) in [6.07, 6.45) is 3.68. The van der Waals surface area contributed by atoms with Crippen LogP contribution in [0, 0.1) is 0 Å². The smallest absolute Gasteiger partial charge is 0.0832 e. The SMILES string of the molecule is NCCCc1cn(-c2ccc(Cl)c(Br)c2)nn1. The average Bonchev–Trinajstić information content (AvgIpc) is 2.79. The first-order chi connectivity index (χ1) is 8.20. The molecule has 0 radical (unpaired) electrons. The van der Waals surface area contributed by atoms with Crippen molar-refractivity contribution in [3.63, 3.8) is 0 Å². The summed E-state index contributed by atoms with van der Waals surface area (Å²) in [5, 5.41) is 8.84. The average molecular weight is 316 g/mol. The number of halogens is 2. The Morgan fingerprint density at radius 3 is 2.94 bits per heavy atom. The van der Waals surface area contributed by atoms with Crippen LogP contribution in [-0.4, -0.2) is 21.5 Å². The van der Waals surface area contributed by atoms with E-state index in [1.807, 2.05) is 24.4 Å². The van der Waals surface area contributed by atoms with Crippen LogP contribution < -0.4 is 5.73 Å². The second-order valence-corrected chi connectivity index (χ2v) is 4.91. The first-order valence-electron chi connectivity index (χ1n) is 5.27. The van der Waals surface area contributed by atoms with Gasteiger partial charge >= 0.3 is 0 Å². The molecule has 0 fully saturated rings. The van der Waals surface area contributed by atoms with Crippen molar-refractivity contribution in [1.29, 1.82) is 0 Å². The first-order valence-corrected chi connectivity index (χ1v) is 6.44. The van der Waals surface area contributed by atoms with Crippen molar-refractivity contribution in [2.45, 2.75) is 12.8 Å². The summed E-state index contributed by atoms with van der Waals surface area (Å²) in [6, 6.07) is 5.63. The molecule has 90 valence electrons. The third kappa shape index (κ3) is 3.06. The quantitative estimate of drug-likeness (QED) is 0.943. The molecule has 0 aliphatic rings. The van der Waals surface area contributed by atoms with E-state index in [-0.39, 0.29) is 0 Å². The fraction of sp³-hybridized carbons (Fsp3) is 0.273. The van der Waals surface area contributed by atoms with E-state index in [1.54, 1.807) is 4.68 Å². The maximum absolute atomic E-state index is 5.94. The van der Waals surface area contributed by atoms with Crippen molar-refractivity contribution in [2.24, 2.45) is 5.73 Å². The Morgan fingerprint density at radius 1 is 1.41 bits per heavy atom. The van der Waals surface area contributed by atoms with Crippen LogP contribution in [0.1, 0.15) is 12.1 Å². The molecule has 0 bridgehead atoms. The molecule has 0 aliphatic heterocycles. The number of hydrogen-bond donors (Lipinski definition) is 1. The van der Waals surface area contributed by atoms with Crippen LogP contribution >= 0.6 is 27.5 Å². The summed E-state index contributed by atoms with van der Waals surface area (Å²) in [5.41, 5.74) is 7.32. The van der Waals surface area contributed by atoms with Crippen LogP contribution in [0.15, 0.2) is 28.9 Å². The van der Waals surface area contributed by atoms with Gasteiger partial charge in [-0.1, -0.05) is 16.8 Å². The zero-order valence-corrected chi connectivity index (χ0v) is 11.4. The number of nitrogens with two attached hydrogens (primary N) is 1. The minimum absolute atomic E-state index is 0.666. The van der Waals surface area contributed by atoms with Gasteiger partial charge in [0.2, 0.25) is 0 Å². The van der Waals surface area contributed by atoms with E-state index in [4.69, 9.17) is 17.3 Å². The Balaban J connectivity index is 2.21. The van der Waals surface area contributed by atoms with Crippen molar-refractivity contribution < 1.29 is 0 Å². The molecule has 0 aliphatic carbocycles. The lowest BCUT2D eigenvalue weighted by atomic mass is 10.2. The van der Waals surface area contributed by atoms with E-state index in [1.165, 1.54) is 0 Å². The van der Waals surface area contributed by atoms with Gasteiger partial charge in [-0.25, -0.2) is 4.68 Å². The molecule has 2 N–H and O–H groups in total. The van der Waals surface area contributed by atoms with Crippen LogP contribution in [0.2, 0.25) is 5.02 Å². The highest BCUT2D eigenvalue weighted by molar-refractivity contribution is 9.10. The fourth-order valence-corrected chi connectivity index (χ4v) is 1.93. The lowest BCUT2D eigenvalue weighted by molar-refractivity contribution is 0.778. The van der Waals surface area contributed by atoms with Gasteiger partial charge in [-0.2, -0.15) is 0 Å². The zero-order valence-electron chi connectivity index (χ0n) is 9.11. The van der Waals surface area contributed by atoms with E-state index in [9.17, 15) is 0 Å². The van der Waals surface area contributed by atoms with Crippen molar-refractivity contribution in [3.05, 3.63) is 39.6 Å². The maximum Gasteiger partial charge on any atom is 0.0832 e. The van der Waals surface area contributed by atoms with Crippen LogP contribution in [-0.2, 0) is 6.42 Å². The van der Waals surface area contributed by atoms with Gasteiger partial charge in [0.05, 0.1) is 22.6 Å². The molecule has 17 heavy (non-hydrogen) atoms. The third-order valence-corrected chi connectivity index (χ3v) is 3.56. The predicted octanol–water partition coefficient (Wildman–Crippen LogP) is 2.57. The number of aromatic nitrogens is 3. The van der Waals surface area contributed by atoms with Gasteiger partial charge < -0.3 is 5.73 Å². The van der Waals surface area contributed by atoms with Gasteiger partial charge in [0, 0.05) is 4.47 Å². The predicted molar refractivity (Wildman–Crippen MR) is 71.4 cm³/mol. The summed E-state index contributed by atoms with van der Waals surface area (Å²) in [7, 11) is 0. The molecule has 0 amide bonds. The normalized spacial score (nSPS) is 10.8. The van der Waals surface area contributed by atoms with E-state index < -0.39 is 0 Å². The van der Waals surface area contributed by atoms with Gasteiger partial charge in [-0.15, -0.1) is 5.10 Å². The number of nitrogens with zero attached hydrogens (tertiary/aromatic N) is 3. The topological polar surface area (TPSA) is 56.7 Å². The van der Waals surface area contributed by atoms with Gasteiger partial charge in [-0.05, 0) is 53.5 Å². The number of benzene rings is 1. The summed E-state index contributed by atoms with van der Waals surface area (Å²) in [4.78, 5) is 0. The Labute approximate surface area is 113 Å². The number of aryl methyl sites for hydroxylation is 1. The summed E-state index contributed by atoms with van der Waals surface area (Å²) in [6.45, 7) is 0.666. The Kier molecular flexibility index (Phi) is 4.15. The molecule has 4 nitrogen and oxygen atoms in total. The standard InChI is InChI=1S/C11H12BrClN4/c12-10-6-9(3-4-11(10)13)17-7-8(15-16-17)2-1-5-14/h3-4,6-7H,1-2,5,14H2. The van der Waals surface area contributed by atoms with E-state index in [0.29, 0.717) is 11.6 Å². The molecule has 2 aromatic rings. The molecule has 2 rings (SSSR count). The highest BCUT2D eigenvalue weighted by atomic mass is 79.9. The maximum atomic E-state index is 5.94. The monoisotopic (exact) mass is 314 g/mol. The molecule has 1 heterocycles. The van der Waals surface area contributed by atoms with Gasteiger partial charge in [-0.3, -0.25) is 0 Å². The largest absolute Gasteiger partial charge is 0.330 e. The number of rotatable bonds is 4. The fourth-order valence-electron chi connectivity index (χ4n) is 1.45. The lowest BCUT2D eigenvalue weighted by Crippen LogP contribution is -2.00. The molecule has 0 unspecified atom stereocenters. The Bertz CT molecular complexity index is 512. The van der Waals surface area contributed by atoms with Crippen molar-refractivity contribution in [2.75, 3.05) is 6.54 Å². The van der Waals surface area contributed by atoms with Gasteiger partial charge in [0.1, 0.15) is 0 Å². The third-order valence-electron chi connectivity index (χ3n) is 2.35.